The molecule has 0 atom stereocenters. The number of rotatable bonds is 4. The normalized spacial score (nSPS) is 12.1. The van der Waals surface area contributed by atoms with Crippen molar-refractivity contribution in [1.82, 2.24) is 4.98 Å². The Morgan fingerprint density at radius 2 is 2.27 bits per heavy atom. The molecular weight excluding hydrogens is 224 g/mol. The number of alkyl halides is 2. The van der Waals surface area contributed by atoms with Crippen LogP contribution < -0.4 is 0 Å². The van der Waals surface area contributed by atoms with Gasteiger partial charge in [-0.1, -0.05) is 13.8 Å². The first-order chi connectivity index (χ1) is 6.83. The molecule has 6 heteroatoms. The molecule has 0 saturated carbocycles. The molecule has 1 heterocycles. The van der Waals surface area contributed by atoms with Crippen molar-refractivity contribution in [3.8, 4) is 0 Å². The lowest BCUT2D eigenvalue weighted by Gasteiger charge is -2.08. The molecular formula is C9H11F2NO2S. The van der Waals surface area contributed by atoms with Crippen LogP contribution in [0.3, 0.4) is 0 Å². The molecule has 84 valence electrons. The maximum Gasteiger partial charge on any atom is 0.374 e. The van der Waals surface area contributed by atoms with Gasteiger partial charge >= 0.3 is 11.9 Å². The summed E-state index contributed by atoms with van der Waals surface area (Å²) in [6.45, 7) is 3.80. The highest BCUT2D eigenvalue weighted by Crippen LogP contribution is 2.24. The number of thiazole rings is 1. The first-order valence-corrected chi connectivity index (χ1v) is 5.26. The molecule has 0 spiro atoms. The minimum absolute atomic E-state index is 0.135. The summed E-state index contributed by atoms with van der Waals surface area (Å²) in [5.41, 5.74) is 0.135. The Morgan fingerprint density at radius 3 is 2.67 bits per heavy atom. The van der Waals surface area contributed by atoms with Crippen LogP contribution in [-0.2, 0) is 11.2 Å². The van der Waals surface area contributed by atoms with Gasteiger partial charge in [0, 0.05) is 11.3 Å². The predicted octanol–water partition coefficient (Wildman–Crippen LogP) is 2.53. The van der Waals surface area contributed by atoms with E-state index >= 15 is 0 Å². The van der Waals surface area contributed by atoms with Crippen molar-refractivity contribution in [2.75, 3.05) is 0 Å². The van der Waals surface area contributed by atoms with Crippen LogP contribution in [0.2, 0.25) is 0 Å². The lowest BCUT2D eigenvalue weighted by atomic mass is 10.2. The summed E-state index contributed by atoms with van der Waals surface area (Å²) in [5.74, 6) is -5.67. The summed E-state index contributed by atoms with van der Waals surface area (Å²) in [4.78, 5) is 14.1. The Balaban J connectivity index is 2.77. The number of nitrogens with zero attached hydrogens (tertiary/aromatic N) is 1. The fourth-order valence-electron chi connectivity index (χ4n) is 0.972. The third-order valence-corrected chi connectivity index (χ3v) is 2.97. The number of carboxylic acid groups (broad SMARTS) is 1. The van der Waals surface area contributed by atoms with Crippen LogP contribution in [-0.4, -0.2) is 22.0 Å². The quantitative estimate of drug-likeness (QED) is 0.872. The molecule has 1 aromatic rings. The van der Waals surface area contributed by atoms with Crippen LogP contribution in [0.5, 0.6) is 0 Å². The van der Waals surface area contributed by atoms with Gasteiger partial charge in [0.05, 0.1) is 17.1 Å². The Morgan fingerprint density at radius 1 is 1.67 bits per heavy atom. The molecule has 0 aliphatic carbocycles. The Hall–Kier alpha value is -1.04. The molecule has 0 aliphatic heterocycles. The minimum Gasteiger partial charge on any atom is -0.477 e. The Labute approximate surface area is 89.8 Å². The number of carbonyl (C=O) groups is 1. The lowest BCUT2D eigenvalue weighted by Crippen LogP contribution is -2.30. The number of halogens is 2. The fourth-order valence-corrected chi connectivity index (χ4v) is 1.81. The molecule has 1 rings (SSSR count). The van der Waals surface area contributed by atoms with Crippen LogP contribution in [0.15, 0.2) is 5.38 Å². The lowest BCUT2D eigenvalue weighted by molar-refractivity contribution is -0.164. The summed E-state index contributed by atoms with van der Waals surface area (Å²) in [6, 6.07) is 0. The van der Waals surface area contributed by atoms with Crippen LogP contribution in [0, 0.1) is 0 Å². The van der Waals surface area contributed by atoms with E-state index in [4.69, 9.17) is 5.11 Å². The van der Waals surface area contributed by atoms with Crippen molar-refractivity contribution in [2.24, 2.45) is 0 Å². The third-order valence-electron chi connectivity index (χ3n) is 1.78. The SMILES string of the molecule is CC(C)c1nc(CC(F)(F)C(=O)O)cs1. The molecule has 1 N–H and O–H groups in total. The van der Waals surface area contributed by atoms with Crippen molar-refractivity contribution in [2.45, 2.75) is 32.1 Å². The third kappa shape index (κ3) is 2.95. The molecule has 1 aromatic heterocycles. The topological polar surface area (TPSA) is 50.2 Å². The van der Waals surface area contributed by atoms with E-state index in [-0.39, 0.29) is 11.6 Å². The van der Waals surface area contributed by atoms with Gasteiger partial charge in [-0.3, -0.25) is 0 Å². The molecule has 15 heavy (non-hydrogen) atoms. The van der Waals surface area contributed by atoms with Crippen molar-refractivity contribution < 1.29 is 18.7 Å². The largest absolute Gasteiger partial charge is 0.477 e. The highest BCUT2D eigenvalue weighted by molar-refractivity contribution is 7.09. The molecule has 0 amide bonds. The average Bonchev–Trinajstić information content (AvgIpc) is 2.51. The summed E-state index contributed by atoms with van der Waals surface area (Å²) in [7, 11) is 0. The number of hydrogen-bond donors (Lipinski definition) is 1. The van der Waals surface area contributed by atoms with E-state index in [0.29, 0.717) is 0 Å². The number of hydrogen-bond acceptors (Lipinski definition) is 3. The van der Waals surface area contributed by atoms with Crippen molar-refractivity contribution in [1.29, 1.82) is 0 Å². The molecule has 0 saturated heterocycles. The van der Waals surface area contributed by atoms with E-state index in [1.54, 1.807) is 0 Å². The number of carboxylic acids is 1. The van der Waals surface area contributed by atoms with Gasteiger partial charge < -0.3 is 5.11 Å². The molecule has 0 bridgehead atoms. The second-order valence-electron chi connectivity index (χ2n) is 3.52. The molecule has 0 fully saturated rings. The maximum absolute atomic E-state index is 12.8. The molecule has 0 unspecified atom stereocenters. The average molecular weight is 235 g/mol. The van der Waals surface area contributed by atoms with E-state index in [0.717, 1.165) is 5.01 Å². The Bertz CT molecular complexity index is 363. The smallest absolute Gasteiger partial charge is 0.374 e. The van der Waals surface area contributed by atoms with Gasteiger partial charge in [0.1, 0.15) is 0 Å². The van der Waals surface area contributed by atoms with Gasteiger partial charge in [-0.15, -0.1) is 11.3 Å². The van der Waals surface area contributed by atoms with E-state index in [2.05, 4.69) is 4.98 Å². The fraction of sp³-hybridized carbons (Fsp3) is 0.556. The standard InChI is InChI=1S/C9H11F2NO2S/c1-5(2)7-12-6(4-15-7)3-9(10,11)8(13)14/h4-5H,3H2,1-2H3,(H,13,14). The highest BCUT2D eigenvalue weighted by atomic mass is 32.1. The first kappa shape index (κ1) is 12.0. The summed E-state index contributed by atoms with van der Waals surface area (Å²) < 4.78 is 25.6. The number of aromatic nitrogens is 1. The zero-order valence-corrected chi connectivity index (χ0v) is 9.15. The van der Waals surface area contributed by atoms with Gasteiger partial charge in [-0.25, -0.2) is 9.78 Å². The van der Waals surface area contributed by atoms with Crippen LogP contribution in [0.4, 0.5) is 8.78 Å². The summed E-state index contributed by atoms with van der Waals surface area (Å²) in [6.07, 6.45) is -0.842. The van der Waals surface area contributed by atoms with Crippen molar-refractivity contribution >= 4 is 17.3 Å². The maximum atomic E-state index is 12.8. The van der Waals surface area contributed by atoms with E-state index in [1.807, 2.05) is 13.8 Å². The summed E-state index contributed by atoms with van der Waals surface area (Å²) in [5, 5.41) is 10.5. The van der Waals surface area contributed by atoms with E-state index in [1.165, 1.54) is 16.7 Å². The number of aliphatic carboxylic acids is 1. The van der Waals surface area contributed by atoms with Crippen LogP contribution in [0.25, 0.3) is 0 Å². The molecule has 0 radical (unpaired) electrons. The van der Waals surface area contributed by atoms with E-state index in [9.17, 15) is 13.6 Å². The van der Waals surface area contributed by atoms with Gasteiger partial charge in [-0.2, -0.15) is 8.78 Å². The van der Waals surface area contributed by atoms with Gasteiger partial charge in [0.2, 0.25) is 0 Å². The molecule has 0 aliphatic rings. The second kappa shape index (κ2) is 4.22. The summed E-state index contributed by atoms with van der Waals surface area (Å²) >= 11 is 1.27. The first-order valence-electron chi connectivity index (χ1n) is 4.38. The van der Waals surface area contributed by atoms with Crippen LogP contribution in [0.1, 0.15) is 30.5 Å². The molecule has 0 aromatic carbocycles. The molecule has 3 nitrogen and oxygen atoms in total. The monoisotopic (exact) mass is 235 g/mol. The predicted molar refractivity (Wildman–Crippen MR) is 52.5 cm³/mol. The van der Waals surface area contributed by atoms with Crippen molar-refractivity contribution in [3.63, 3.8) is 0 Å². The second-order valence-corrected chi connectivity index (χ2v) is 4.41. The highest BCUT2D eigenvalue weighted by Gasteiger charge is 2.39. The minimum atomic E-state index is -3.73. The van der Waals surface area contributed by atoms with Crippen LogP contribution >= 0.6 is 11.3 Å². The van der Waals surface area contributed by atoms with E-state index < -0.39 is 18.3 Å². The van der Waals surface area contributed by atoms with Gasteiger partial charge in [0.15, 0.2) is 0 Å². The van der Waals surface area contributed by atoms with Gasteiger partial charge in [0.25, 0.3) is 0 Å². The van der Waals surface area contributed by atoms with Gasteiger partial charge in [-0.05, 0) is 0 Å². The van der Waals surface area contributed by atoms with Crippen molar-refractivity contribution in [3.05, 3.63) is 16.1 Å². The zero-order valence-electron chi connectivity index (χ0n) is 8.33. The zero-order chi connectivity index (χ0) is 11.6. The Kier molecular flexibility index (Phi) is 3.38.